The Morgan fingerprint density at radius 3 is 2.92 bits per heavy atom. The van der Waals surface area contributed by atoms with Crippen LogP contribution >= 0.6 is 0 Å². The number of aromatic nitrogens is 2. The molecule has 1 aromatic carbocycles. The molecule has 0 saturated carbocycles. The molecule has 7 nitrogen and oxygen atoms in total. The van der Waals surface area contributed by atoms with Gasteiger partial charge >= 0.3 is 0 Å². The molecule has 1 saturated heterocycles. The molecule has 0 atom stereocenters. The van der Waals surface area contributed by atoms with Gasteiger partial charge in [-0.15, -0.1) is 0 Å². The van der Waals surface area contributed by atoms with Crippen LogP contribution in [0.2, 0.25) is 0 Å². The van der Waals surface area contributed by atoms with Crippen LogP contribution < -0.4 is 10.9 Å². The van der Waals surface area contributed by atoms with Crippen molar-refractivity contribution in [1.29, 1.82) is 0 Å². The number of H-pyrrole nitrogens is 1. The number of benzene rings is 1. The maximum absolute atomic E-state index is 12.2. The summed E-state index contributed by atoms with van der Waals surface area (Å²) in [5.41, 5.74) is 1.46. The van der Waals surface area contributed by atoms with E-state index in [4.69, 9.17) is 0 Å². The van der Waals surface area contributed by atoms with E-state index in [9.17, 15) is 14.4 Å². The van der Waals surface area contributed by atoms with Crippen LogP contribution in [0.1, 0.15) is 23.2 Å². The Hall–Kier alpha value is -2.96. The summed E-state index contributed by atoms with van der Waals surface area (Å²) in [6.45, 7) is 1.71. The van der Waals surface area contributed by atoms with Gasteiger partial charge in [0.05, 0.1) is 18.1 Å². The molecule has 2 amide bonds. The first kappa shape index (κ1) is 15.9. The normalized spacial score (nSPS) is 14.0. The Labute approximate surface area is 138 Å². The lowest BCUT2D eigenvalue weighted by Crippen LogP contribution is -2.35. The quantitative estimate of drug-likeness (QED) is 0.849. The highest BCUT2D eigenvalue weighted by Crippen LogP contribution is 2.16. The second-order valence-corrected chi connectivity index (χ2v) is 5.63. The fourth-order valence-corrected chi connectivity index (χ4v) is 2.70. The molecule has 24 heavy (non-hydrogen) atoms. The Balaban J connectivity index is 1.64. The van der Waals surface area contributed by atoms with Gasteiger partial charge < -0.3 is 15.2 Å². The highest BCUT2D eigenvalue weighted by molar-refractivity contribution is 5.95. The van der Waals surface area contributed by atoms with Crippen molar-refractivity contribution in [3.8, 4) is 11.3 Å². The summed E-state index contributed by atoms with van der Waals surface area (Å²) in [5, 5.41) is 2.82. The van der Waals surface area contributed by atoms with Gasteiger partial charge in [-0.05, 0) is 18.6 Å². The van der Waals surface area contributed by atoms with Crippen LogP contribution in [-0.4, -0.2) is 46.3 Å². The molecule has 124 valence electrons. The summed E-state index contributed by atoms with van der Waals surface area (Å²) >= 11 is 0. The molecule has 1 aliphatic rings. The molecule has 1 aromatic heterocycles. The Bertz CT molecular complexity index is 815. The molecule has 0 aliphatic carbocycles. The van der Waals surface area contributed by atoms with Crippen LogP contribution in [0.3, 0.4) is 0 Å². The number of nitrogens with zero attached hydrogens (tertiary/aromatic N) is 2. The van der Waals surface area contributed by atoms with E-state index in [0.717, 1.165) is 13.0 Å². The van der Waals surface area contributed by atoms with Gasteiger partial charge in [0.1, 0.15) is 0 Å². The van der Waals surface area contributed by atoms with Crippen LogP contribution in [0.4, 0.5) is 0 Å². The van der Waals surface area contributed by atoms with Crippen LogP contribution in [0, 0.1) is 0 Å². The predicted octanol–water partition coefficient (Wildman–Crippen LogP) is 0.789. The fourth-order valence-electron chi connectivity index (χ4n) is 2.70. The van der Waals surface area contributed by atoms with Crippen molar-refractivity contribution >= 4 is 11.8 Å². The Kier molecular flexibility index (Phi) is 4.69. The maximum Gasteiger partial charge on any atom is 0.266 e. The summed E-state index contributed by atoms with van der Waals surface area (Å²) in [6.07, 6.45) is 4.22. The van der Waals surface area contributed by atoms with Crippen molar-refractivity contribution in [3.05, 3.63) is 52.6 Å². The smallest absolute Gasteiger partial charge is 0.266 e. The van der Waals surface area contributed by atoms with E-state index in [1.165, 1.54) is 12.4 Å². The Morgan fingerprint density at radius 2 is 2.17 bits per heavy atom. The summed E-state index contributed by atoms with van der Waals surface area (Å²) in [4.78, 5) is 43.4. The molecule has 0 spiro atoms. The van der Waals surface area contributed by atoms with Crippen molar-refractivity contribution in [2.75, 3.05) is 19.6 Å². The minimum atomic E-state index is -0.294. The van der Waals surface area contributed by atoms with Gasteiger partial charge in [-0.3, -0.25) is 19.4 Å². The number of carbonyl (C=O) groups is 2. The second-order valence-electron chi connectivity index (χ2n) is 5.63. The number of aromatic amines is 1. The van der Waals surface area contributed by atoms with Crippen molar-refractivity contribution in [1.82, 2.24) is 20.2 Å². The highest BCUT2D eigenvalue weighted by atomic mass is 16.2. The second kappa shape index (κ2) is 7.08. The molecule has 0 bridgehead atoms. The van der Waals surface area contributed by atoms with Crippen LogP contribution in [0.15, 0.2) is 41.5 Å². The molecule has 0 unspecified atom stereocenters. The van der Waals surface area contributed by atoms with Gasteiger partial charge in [0, 0.05) is 37.2 Å². The molecule has 0 radical (unpaired) electrons. The van der Waals surface area contributed by atoms with E-state index in [1.54, 1.807) is 29.2 Å². The summed E-state index contributed by atoms with van der Waals surface area (Å²) in [5.74, 6) is -0.0680. The minimum absolute atomic E-state index is 0.145. The van der Waals surface area contributed by atoms with Gasteiger partial charge in [0.15, 0.2) is 0 Å². The number of amides is 2. The maximum atomic E-state index is 12.2. The molecule has 3 rings (SSSR count). The third kappa shape index (κ3) is 3.68. The lowest BCUT2D eigenvalue weighted by Gasteiger charge is -2.15. The van der Waals surface area contributed by atoms with Crippen LogP contribution in [-0.2, 0) is 4.79 Å². The zero-order valence-corrected chi connectivity index (χ0v) is 13.1. The third-order valence-electron chi connectivity index (χ3n) is 3.93. The number of rotatable bonds is 5. The van der Waals surface area contributed by atoms with E-state index in [-0.39, 0.29) is 17.4 Å². The average Bonchev–Trinajstić information content (AvgIpc) is 3.00. The number of likely N-dealkylation sites (tertiary alicyclic amines) is 1. The van der Waals surface area contributed by atoms with Gasteiger partial charge in [-0.25, -0.2) is 0 Å². The van der Waals surface area contributed by atoms with E-state index < -0.39 is 0 Å². The highest BCUT2D eigenvalue weighted by Gasteiger charge is 2.19. The molecule has 2 N–H and O–H groups in total. The minimum Gasteiger partial charge on any atom is -0.350 e. The first-order valence-electron chi connectivity index (χ1n) is 7.84. The average molecular weight is 326 g/mol. The first-order valence-corrected chi connectivity index (χ1v) is 7.84. The van der Waals surface area contributed by atoms with E-state index >= 15 is 0 Å². The number of nitrogens with one attached hydrogen (secondary N) is 2. The first-order chi connectivity index (χ1) is 11.6. The largest absolute Gasteiger partial charge is 0.350 e. The van der Waals surface area contributed by atoms with E-state index in [0.29, 0.717) is 36.3 Å². The van der Waals surface area contributed by atoms with Crippen molar-refractivity contribution in [3.63, 3.8) is 0 Å². The van der Waals surface area contributed by atoms with Gasteiger partial charge in [-0.1, -0.05) is 12.1 Å². The van der Waals surface area contributed by atoms with E-state index in [1.807, 2.05) is 0 Å². The lowest BCUT2D eigenvalue weighted by atomic mass is 10.1. The third-order valence-corrected chi connectivity index (χ3v) is 3.93. The molecule has 1 aliphatic heterocycles. The molecular formula is C17H18N4O3. The van der Waals surface area contributed by atoms with Crippen molar-refractivity contribution < 1.29 is 9.59 Å². The molecular weight excluding hydrogens is 308 g/mol. The summed E-state index contributed by atoms with van der Waals surface area (Å²) in [6, 6.07) is 6.95. The number of hydrogen-bond acceptors (Lipinski definition) is 4. The summed E-state index contributed by atoms with van der Waals surface area (Å²) in [7, 11) is 0. The zero-order chi connectivity index (χ0) is 16.9. The summed E-state index contributed by atoms with van der Waals surface area (Å²) < 4.78 is 0. The van der Waals surface area contributed by atoms with Crippen LogP contribution in [0.5, 0.6) is 0 Å². The monoisotopic (exact) mass is 326 g/mol. The van der Waals surface area contributed by atoms with Crippen LogP contribution in [0.25, 0.3) is 11.3 Å². The topological polar surface area (TPSA) is 95.2 Å². The molecule has 7 heteroatoms. The molecule has 2 heterocycles. The van der Waals surface area contributed by atoms with Crippen molar-refractivity contribution in [2.24, 2.45) is 0 Å². The lowest BCUT2D eigenvalue weighted by molar-refractivity contribution is -0.127. The zero-order valence-electron chi connectivity index (χ0n) is 13.1. The fraction of sp³-hybridized carbons (Fsp3) is 0.294. The molecule has 1 fully saturated rings. The van der Waals surface area contributed by atoms with E-state index in [2.05, 4.69) is 15.3 Å². The van der Waals surface area contributed by atoms with Gasteiger partial charge in [-0.2, -0.15) is 0 Å². The molecule has 2 aromatic rings. The van der Waals surface area contributed by atoms with Gasteiger partial charge in [0.2, 0.25) is 5.91 Å². The van der Waals surface area contributed by atoms with Gasteiger partial charge in [0.25, 0.3) is 11.5 Å². The van der Waals surface area contributed by atoms with Crippen molar-refractivity contribution in [2.45, 2.75) is 12.8 Å². The SMILES string of the molecule is O=C(NCCN1CCCC1=O)c1cccc(-c2cncc(=O)[nH]2)c1. The standard InChI is InChI=1S/C17H18N4O3/c22-15-11-18-10-14(20-15)12-3-1-4-13(9-12)17(24)19-6-8-21-7-2-5-16(21)23/h1,3-4,9-11H,2,5-8H2,(H,19,24)(H,20,22). The number of hydrogen-bond donors (Lipinski definition) is 2. The number of carbonyl (C=O) groups excluding carboxylic acids is 2. The predicted molar refractivity (Wildman–Crippen MR) is 88.4 cm³/mol. The Morgan fingerprint density at radius 1 is 1.29 bits per heavy atom.